The van der Waals surface area contributed by atoms with E-state index < -0.39 is 0 Å². The third-order valence-corrected chi connectivity index (χ3v) is 4.98. The van der Waals surface area contributed by atoms with E-state index in [9.17, 15) is 9.59 Å². The number of nitrogens with one attached hydrogen (secondary N) is 1. The number of halogens is 2. The van der Waals surface area contributed by atoms with Crippen molar-refractivity contribution < 1.29 is 14.3 Å². The number of likely N-dealkylation sites (tertiary alicyclic amines) is 1. The summed E-state index contributed by atoms with van der Waals surface area (Å²) < 4.78 is 5.52. The Labute approximate surface area is 168 Å². The molecule has 1 aliphatic rings. The molecule has 3 rings (SSSR count). The second-order valence-electron chi connectivity index (χ2n) is 6.40. The van der Waals surface area contributed by atoms with Crippen LogP contribution < -0.4 is 10.1 Å². The Balaban J connectivity index is 1.54. The van der Waals surface area contributed by atoms with Crippen molar-refractivity contribution in [3.63, 3.8) is 0 Å². The summed E-state index contributed by atoms with van der Waals surface area (Å²) in [6.45, 7) is 0.845. The molecule has 2 amide bonds. The van der Waals surface area contributed by atoms with Crippen molar-refractivity contribution >= 4 is 40.7 Å². The van der Waals surface area contributed by atoms with Crippen molar-refractivity contribution in [3.8, 4) is 5.75 Å². The van der Waals surface area contributed by atoms with Crippen molar-refractivity contribution in [2.45, 2.75) is 12.8 Å². The van der Waals surface area contributed by atoms with Gasteiger partial charge in [0.15, 0.2) is 6.61 Å². The summed E-state index contributed by atoms with van der Waals surface area (Å²) in [6, 6.07) is 14.1. The lowest BCUT2D eigenvalue weighted by Crippen LogP contribution is -2.45. The molecule has 0 unspecified atom stereocenters. The van der Waals surface area contributed by atoms with Crippen molar-refractivity contribution in [1.29, 1.82) is 0 Å². The molecule has 0 saturated carbocycles. The SMILES string of the molecule is O=C(Nc1ccccc1)[C@H]1CCCN(C(=O)COc2cc(Cl)ccc2Cl)C1. The lowest BCUT2D eigenvalue weighted by atomic mass is 9.97. The van der Waals surface area contributed by atoms with E-state index in [0.29, 0.717) is 28.9 Å². The third-order valence-electron chi connectivity index (χ3n) is 4.43. The normalized spacial score (nSPS) is 16.7. The van der Waals surface area contributed by atoms with E-state index in [1.54, 1.807) is 23.1 Å². The van der Waals surface area contributed by atoms with Crippen LogP contribution >= 0.6 is 23.2 Å². The number of benzene rings is 2. The first-order valence-corrected chi connectivity index (χ1v) is 9.50. The number of piperidine rings is 1. The van der Waals surface area contributed by atoms with Crippen molar-refractivity contribution in [2.75, 3.05) is 25.0 Å². The number of nitrogens with zero attached hydrogens (tertiary/aromatic N) is 1. The van der Waals surface area contributed by atoms with Gasteiger partial charge in [0, 0.05) is 29.9 Å². The lowest BCUT2D eigenvalue weighted by molar-refractivity contribution is -0.136. The standard InChI is InChI=1S/C20H20Cl2N2O3/c21-15-8-9-17(22)18(11-15)27-13-19(25)24-10-4-5-14(12-24)20(26)23-16-6-2-1-3-7-16/h1-3,6-9,11,14H,4-5,10,12-13H2,(H,23,26)/t14-/m0/s1. The van der Waals surface area contributed by atoms with Crippen LogP contribution in [-0.4, -0.2) is 36.4 Å². The highest BCUT2D eigenvalue weighted by Crippen LogP contribution is 2.28. The van der Waals surface area contributed by atoms with Crippen molar-refractivity contribution in [1.82, 2.24) is 4.90 Å². The second kappa shape index (κ2) is 9.11. The molecule has 0 aromatic heterocycles. The molecule has 1 saturated heterocycles. The molecule has 27 heavy (non-hydrogen) atoms. The first-order valence-electron chi connectivity index (χ1n) is 8.74. The molecule has 0 bridgehead atoms. The smallest absolute Gasteiger partial charge is 0.260 e. The van der Waals surface area contributed by atoms with Gasteiger partial charge in [-0.2, -0.15) is 0 Å². The maximum absolute atomic E-state index is 12.5. The molecule has 0 aliphatic carbocycles. The summed E-state index contributed by atoms with van der Waals surface area (Å²) >= 11 is 12.0. The summed E-state index contributed by atoms with van der Waals surface area (Å²) in [4.78, 5) is 26.6. The van der Waals surface area contributed by atoms with Gasteiger partial charge in [0.1, 0.15) is 5.75 Å². The Morgan fingerprint density at radius 3 is 2.70 bits per heavy atom. The van der Waals surface area contributed by atoms with Crippen LogP contribution in [0.1, 0.15) is 12.8 Å². The second-order valence-corrected chi connectivity index (χ2v) is 7.24. The molecule has 0 spiro atoms. The van der Waals surface area contributed by atoms with Crippen molar-refractivity contribution in [3.05, 3.63) is 58.6 Å². The highest BCUT2D eigenvalue weighted by Gasteiger charge is 2.28. The number of hydrogen-bond acceptors (Lipinski definition) is 3. The number of ether oxygens (including phenoxy) is 1. The Kier molecular flexibility index (Phi) is 6.58. The fraction of sp³-hybridized carbons (Fsp3) is 0.300. The Bertz CT molecular complexity index is 814. The summed E-state index contributed by atoms with van der Waals surface area (Å²) in [7, 11) is 0. The molecule has 0 radical (unpaired) electrons. The van der Waals surface area contributed by atoms with E-state index in [1.165, 1.54) is 0 Å². The number of rotatable bonds is 5. The molecular weight excluding hydrogens is 387 g/mol. The van der Waals surface area contributed by atoms with Crippen LogP contribution in [0, 0.1) is 5.92 Å². The number of hydrogen-bond donors (Lipinski definition) is 1. The molecule has 1 aliphatic heterocycles. The molecule has 142 valence electrons. The quantitative estimate of drug-likeness (QED) is 0.806. The molecule has 2 aromatic carbocycles. The van der Waals surface area contributed by atoms with Gasteiger partial charge in [-0.3, -0.25) is 9.59 Å². The van der Waals surface area contributed by atoms with Gasteiger partial charge in [0.05, 0.1) is 10.9 Å². The molecule has 7 heteroatoms. The average molecular weight is 407 g/mol. The largest absolute Gasteiger partial charge is 0.482 e. The molecule has 1 heterocycles. The molecule has 1 atom stereocenters. The predicted octanol–water partition coefficient (Wildman–Crippen LogP) is 4.25. The Hall–Kier alpha value is -2.24. The summed E-state index contributed by atoms with van der Waals surface area (Å²) in [5.41, 5.74) is 0.755. The fourth-order valence-corrected chi connectivity index (χ4v) is 3.34. The van der Waals surface area contributed by atoms with E-state index in [-0.39, 0.29) is 24.3 Å². The van der Waals surface area contributed by atoms with E-state index in [2.05, 4.69) is 5.32 Å². The molecule has 2 aromatic rings. The van der Waals surface area contributed by atoms with Gasteiger partial charge >= 0.3 is 0 Å². The Morgan fingerprint density at radius 1 is 1.15 bits per heavy atom. The number of anilines is 1. The summed E-state index contributed by atoms with van der Waals surface area (Å²) in [5.74, 6) is -0.119. The minimum atomic E-state index is -0.238. The van der Waals surface area contributed by atoms with Crippen LogP contribution in [0.2, 0.25) is 10.0 Å². The predicted molar refractivity (Wildman–Crippen MR) is 106 cm³/mol. The molecule has 1 N–H and O–H groups in total. The van der Waals surface area contributed by atoms with Crippen LogP contribution in [-0.2, 0) is 9.59 Å². The monoisotopic (exact) mass is 406 g/mol. The maximum Gasteiger partial charge on any atom is 0.260 e. The number of para-hydroxylation sites is 1. The zero-order chi connectivity index (χ0) is 19.2. The maximum atomic E-state index is 12.5. The Morgan fingerprint density at radius 2 is 1.93 bits per heavy atom. The summed E-state index contributed by atoms with van der Waals surface area (Å²) in [6.07, 6.45) is 1.53. The lowest BCUT2D eigenvalue weighted by Gasteiger charge is -2.32. The molecule has 5 nitrogen and oxygen atoms in total. The highest BCUT2D eigenvalue weighted by molar-refractivity contribution is 6.34. The highest BCUT2D eigenvalue weighted by atomic mass is 35.5. The van der Waals surface area contributed by atoms with E-state index in [4.69, 9.17) is 27.9 Å². The molecular formula is C20H20Cl2N2O3. The zero-order valence-electron chi connectivity index (χ0n) is 14.7. The third kappa shape index (κ3) is 5.37. The topological polar surface area (TPSA) is 58.6 Å². The average Bonchev–Trinajstić information content (AvgIpc) is 2.69. The van der Waals surface area contributed by atoms with Crippen LogP contribution in [0.3, 0.4) is 0 Å². The van der Waals surface area contributed by atoms with Gasteiger partial charge in [-0.15, -0.1) is 0 Å². The van der Waals surface area contributed by atoms with Crippen LogP contribution in [0.4, 0.5) is 5.69 Å². The van der Waals surface area contributed by atoms with Crippen molar-refractivity contribution in [2.24, 2.45) is 5.92 Å². The zero-order valence-corrected chi connectivity index (χ0v) is 16.2. The van der Waals surface area contributed by atoms with Gasteiger partial charge in [-0.05, 0) is 37.1 Å². The minimum Gasteiger partial charge on any atom is -0.482 e. The first kappa shape index (κ1) is 19.5. The number of carbonyl (C=O) groups excluding carboxylic acids is 2. The number of carbonyl (C=O) groups is 2. The number of amides is 2. The van der Waals surface area contributed by atoms with Gasteiger partial charge in [0.25, 0.3) is 5.91 Å². The van der Waals surface area contributed by atoms with Gasteiger partial charge < -0.3 is 15.0 Å². The summed E-state index contributed by atoms with van der Waals surface area (Å²) in [5, 5.41) is 3.78. The van der Waals surface area contributed by atoms with Crippen LogP contribution in [0.25, 0.3) is 0 Å². The van der Waals surface area contributed by atoms with Crippen LogP contribution in [0.5, 0.6) is 5.75 Å². The van der Waals surface area contributed by atoms with E-state index in [0.717, 1.165) is 18.5 Å². The minimum absolute atomic E-state index is 0.0718. The van der Waals surface area contributed by atoms with Gasteiger partial charge in [0.2, 0.25) is 5.91 Å². The fourth-order valence-electron chi connectivity index (χ4n) is 3.00. The van der Waals surface area contributed by atoms with Gasteiger partial charge in [-0.25, -0.2) is 0 Å². The van der Waals surface area contributed by atoms with E-state index >= 15 is 0 Å². The van der Waals surface area contributed by atoms with Gasteiger partial charge in [-0.1, -0.05) is 41.4 Å². The van der Waals surface area contributed by atoms with E-state index in [1.807, 2.05) is 30.3 Å². The molecule has 1 fully saturated rings. The first-order chi connectivity index (χ1) is 13.0. The van der Waals surface area contributed by atoms with Crippen LogP contribution in [0.15, 0.2) is 48.5 Å².